The van der Waals surface area contributed by atoms with Crippen molar-refractivity contribution in [1.29, 1.82) is 0 Å². The number of rotatable bonds is 4. The molecule has 3 heterocycles. The lowest BCUT2D eigenvalue weighted by molar-refractivity contribution is -0.138. The number of anilines is 1. The summed E-state index contributed by atoms with van der Waals surface area (Å²) in [6, 6.07) is -0.753. The Hall–Kier alpha value is -1.18. The first kappa shape index (κ1) is 11.9. The third-order valence-corrected chi connectivity index (χ3v) is 4.31. The Kier molecular flexibility index (Phi) is 2.96. The van der Waals surface area contributed by atoms with E-state index in [0.29, 0.717) is 17.8 Å². The maximum Gasteiger partial charge on any atom is 0.326 e. The van der Waals surface area contributed by atoms with Gasteiger partial charge < -0.3 is 20.9 Å². The van der Waals surface area contributed by atoms with Gasteiger partial charge in [0.1, 0.15) is 6.04 Å². The summed E-state index contributed by atoms with van der Waals surface area (Å²) in [4.78, 5) is 15.0. The quantitative estimate of drug-likeness (QED) is 0.753. The van der Waals surface area contributed by atoms with Crippen LogP contribution in [0.5, 0.6) is 0 Å². The monoisotopic (exact) mass is 269 g/mol. The Labute approximate surface area is 108 Å². The van der Waals surface area contributed by atoms with Crippen LogP contribution in [0, 0.1) is 0 Å². The molecule has 0 aliphatic carbocycles. The molecule has 1 aromatic heterocycles. The van der Waals surface area contributed by atoms with E-state index in [9.17, 15) is 4.79 Å². The predicted octanol–water partition coefficient (Wildman–Crippen LogP) is 0.959. The Morgan fingerprint density at radius 1 is 1.67 bits per heavy atom. The molecule has 4 unspecified atom stereocenters. The molecule has 2 aliphatic heterocycles. The maximum absolute atomic E-state index is 10.8. The molecule has 18 heavy (non-hydrogen) atoms. The molecular weight excluding hydrogens is 254 g/mol. The number of hydrogen-bond acceptors (Lipinski definition) is 6. The SMILES string of the molecule is NC(C(=O)O)c1csc(NC2CC3CCC2O3)n1. The molecule has 0 saturated carbocycles. The lowest BCUT2D eigenvalue weighted by Crippen LogP contribution is -2.30. The summed E-state index contributed by atoms with van der Waals surface area (Å²) in [7, 11) is 0. The van der Waals surface area contributed by atoms with Gasteiger partial charge in [-0.15, -0.1) is 11.3 Å². The van der Waals surface area contributed by atoms with Crippen LogP contribution in [0.15, 0.2) is 5.38 Å². The van der Waals surface area contributed by atoms with Gasteiger partial charge in [-0.05, 0) is 19.3 Å². The van der Waals surface area contributed by atoms with Gasteiger partial charge in [-0.1, -0.05) is 0 Å². The highest BCUT2D eigenvalue weighted by Gasteiger charge is 2.41. The summed E-state index contributed by atoms with van der Waals surface area (Å²) in [5.41, 5.74) is 5.91. The fraction of sp³-hybridized carbons (Fsp3) is 0.636. The number of nitrogens with two attached hydrogens (primary N) is 1. The van der Waals surface area contributed by atoms with E-state index in [0.717, 1.165) is 24.4 Å². The minimum Gasteiger partial charge on any atom is -0.480 e. The third kappa shape index (κ3) is 2.09. The van der Waals surface area contributed by atoms with E-state index < -0.39 is 12.0 Å². The number of aromatic nitrogens is 1. The molecule has 3 rings (SSSR count). The number of carboxylic acid groups (broad SMARTS) is 1. The van der Waals surface area contributed by atoms with Crippen LogP contribution >= 0.6 is 11.3 Å². The van der Waals surface area contributed by atoms with Gasteiger partial charge in [-0.25, -0.2) is 4.98 Å². The molecule has 2 fully saturated rings. The number of nitrogens with zero attached hydrogens (tertiary/aromatic N) is 1. The highest BCUT2D eigenvalue weighted by molar-refractivity contribution is 7.13. The first-order chi connectivity index (χ1) is 8.63. The smallest absolute Gasteiger partial charge is 0.326 e. The van der Waals surface area contributed by atoms with Gasteiger partial charge in [-0.2, -0.15) is 0 Å². The topological polar surface area (TPSA) is 97.5 Å². The summed E-state index contributed by atoms with van der Waals surface area (Å²) in [5.74, 6) is -1.06. The van der Waals surface area contributed by atoms with Crippen molar-refractivity contribution in [2.75, 3.05) is 5.32 Å². The molecule has 4 N–H and O–H groups in total. The summed E-state index contributed by atoms with van der Waals surface area (Å²) in [6.07, 6.45) is 3.90. The third-order valence-electron chi connectivity index (χ3n) is 3.52. The summed E-state index contributed by atoms with van der Waals surface area (Å²) < 4.78 is 5.75. The normalized spacial score (nSPS) is 31.5. The van der Waals surface area contributed by atoms with Crippen LogP contribution in [0.25, 0.3) is 0 Å². The van der Waals surface area contributed by atoms with Gasteiger partial charge in [0.2, 0.25) is 0 Å². The molecule has 0 amide bonds. The second kappa shape index (κ2) is 4.49. The van der Waals surface area contributed by atoms with Gasteiger partial charge in [0, 0.05) is 5.38 Å². The van der Waals surface area contributed by atoms with Crippen LogP contribution in [-0.4, -0.2) is 34.3 Å². The lowest BCUT2D eigenvalue weighted by Gasteiger charge is -2.19. The molecule has 0 aromatic carbocycles. The standard InChI is InChI=1S/C11H15N3O3S/c12-9(10(15)16)7-4-18-11(14-7)13-6-3-5-1-2-8(6)17-5/h4-6,8-9H,1-3,12H2,(H,13,14)(H,15,16). The van der Waals surface area contributed by atoms with Gasteiger partial charge in [-0.3, -0.25) is 4.79 Å². The first-order valence-electron chi connectivity index (χ1n) is 5.99. The fourth-order valence-electron chi connectivity index (χ4n) is 2.57. The number of nitrogens with one attached hydrogen (secondary N) is 1. The van der Waals surface area contributed by atoms with Crippen LogP contribution < -0.4 is 11.1 Å². The Balaban J connectivity index is 1.65. The van der Waals surface area contributed by atoms with Crippen molar-refractivity contribution in [2.24, 2.45) is 5.73 Å². The highest BCUT2D eigenvalue weighted by atomic mass is 32.1. The van der Waals surface area contributed by atoms with Gasteiger partial charge >= 0.3 is 5.97 Å². The van der Waals surface area contributed by atoms with E-state index in [-0.39, 0.29) is 6.10 Å². The Bertz CT molecular complexity index is 464. The summed E-state index contributed by atoms with van der Waals surface area (Å²) >= 11 is 1.39. The minimum atomic E-state index is -1.06. The number of fused-ring (bicyclic) bond motifs is 2. The van der Waals surface area contributed by atoms with Crippen molar-refractivity contribution >= 4 is 22.4 Å². The average molecular weight is 269 g/mol. The lowest BCUT2D eigenvalue weighted by atomic mass is 9.96. The van der Waals surface area contributed by atoms with E-state index in [4.69, 9.17) is 15.6 Å². The molecule has 4 atom stereocenters. The average Bonchev–Trinajstić information content (AvgIpc) is 3.03. The molecule has 98 valence electrons. The summed E-state index contributed by atoms with van der Waals surface area (Å²) in [6.45, 7) is 0. The van der Waals surface area contributed by atoms with Crippen molar-refractivity contribution in [3.8, 4) is 0 Å². The van der Waals surface area contributed by atoms with Crippen LogP contribution in [0.2, 0.25) is 0 Å². The van der Waals surface area contributed by atoms with Crippen LogP contribution in [-0.2, 0) is 9.53 Å². The molecule has 7 heteroatoms. The molecule has 0 radical (unpaired) electrons. The molecule has 0 spiro atoms. The van der Waals surface area contributed by atoms with Crippen LogP contribution in [0.3, 0.4) is 0 Å². The van der Waals surface area contributed by atoms with Gasteiger partial charge in [0.25, 0.3) is 0 Å². The predicted molar refractivity (Wildman–Crippen MR) is 66.6 cm³/mol. The molecular formula is C11H15N3O3S. The van der Waals surface area contributed by atoms with E-state index >= 15 is 0 Å². The molecule has 6 nitrogen and oxygen atoms in total. The first-order valence-corrected chi connectivity index (χ1v) is 6.87. The molecule has 2 bridgehead atoms. The Morgan fingerprint density at radius 2 is 2.50 bits per heavy atom. The van der Waals surface area contributed by atoms with Crippen molar-refractivity contribution in [3.63, 3.8) is 0 Å². The second-order valence-corrected chi connectivity index (χ2v) is 5.61. The van der Waals surface area contributed by atoms with Crippen molar-refractivity contribution in [2.45, 2.75) is 43.6 Å². The van der Waals surface area contributed by atoms with Gasteiger partial charge in [0.15, 0.2) is 5.13 Å². The minimum absolute atomic E-state index is 0.274. The summed E-state index contributed by atoms with van der Waals surface area (Å²) in [5, 5.41) is 14.5. The van der Waals surface area contributed by atoms with E-state index in [1.54, 1.807) is 5.38 Å². The van der Waals surface area contributed by atoms with E-state index in [2.05, 4.69) is 10.3 Å². The van der Waals surface area contributed by atoms with Crippen LogP contribution in [0.1, 0.15) is 31.0 Å². The number of carbonyl (C=O) groups is 1. The van der Waals surface area contributed by atoms with Gasteiger partial charge in [0.05, 0.1) is 23.9 Å². The number of carboxylic acids is 1. The molecule has 1 aromatic rings. The molecule has 2 aliphatic rings. The fourth-order valence-corrected chi connectivity index (χ4v) is 3.38. The molecule has 2 saturated heterocycles. The Morgan fingerprint density at radius 3 is 3.11 bits per heavy atom. The van der Waals surface area contributed by atoms with Crippen molar-refractivity contribution in [1.82, 2.24) is 4.98 Å². The van der Waals surface area contributed by atoms with Crippen molar-refractivity contribution < 1.29 is 14.6 Å². The largest absolute Gasteiger partial charge is 0.480 e. The number of hydrogen-bond donors (Lipinski definition) is 3. The number of ether oxygens (including phenoxy) is 1. The van der Waals surface area contributed by atoms with E-state index in [1.165, 1.54) is 11.3 Å². The van der Waals surface area contributed by atoms with Crippen molar-refractivity contribution in [3.05, 3.63) is 11.1 Å². The number of thiazole rings is 1. The zero-order chi connectivity index (χ0) is 12.7. The van der Waals surface area contributed by atoms with Crippen LogP contribution in [0.4, 0.5) is 5.13 Å². The number of aliphatic carboxylic acids is 1. The highest BCUT2D eigenvalue weighted by Crippen LogP contribution is 2.36. The van der Waals surface area contributed by atoms with E-state index in [1.807, 2.05) is 0 Å². The maximum atomic E-state index is 10.8. The zero-order valence-corrected chi connectivity index (χ0v) is 10.5. The zero-order valence-electron chi connectivity index (χ0n) is 9.70. The second-order valence-electron chi connectivity index (χ2n) is 4.75.